The summed E-state index contributed by atoms with van der Waals surface area (Å²) >= 11 is 0. The molecule has 1 aromatic heterocycles. The zero-order valence-corrected chi connectivity index (χ0v) is 10.8. The predicted molar refractivity (Wildman–Crippen MR) is 75.6 cm³/mol. The summed E-state index contributed by atoms with van der Waals surface area (Å²) in [6.45, 7) is 0.730. The number of pyridine rings is 1. The van der Waals surface area contributed by atoms with E-state index in [9.17, 15) is 4.79 Å². The number of carbonyl (C=O) groups excluding carboxylic acids is 1. The topological polar surface area (TPSA) is 45.2 Å². The van der Waals surface area contributed by atoms with E-state index in [4.69, 9.17) is 0 Å². The van der Waals surface area contributed by atoms with Crippen molar-refractivity contribution in [2.24, 2.45) is 0 Å². The van der Waals surface area contributed by atoms with E-state index in [0.29, 0.717) is 5.69 Å². The molecule has 4 nitrogen and oxygen atoms in total. The lowest BCUT2D eigenvalue weighted by Gasteiger charge is -2.16. The van der Waals surface area contributed by atoms with Crippen LogP contribution in [-0.2, 0) is 6.42 Å². The fourth-order valence-corrected chi connectivity index (χ4v) is 2.36. The first-order valence-electron chi connectivity index (χ1n) is 6.33. The number of anilines is 2. The van der Waals surface area contributed by atoms with E-state index in [0.717, 1.165) is 24.3 Å². The second kappa shape index (κ2) is 4.72. The van der Waals surface area contributed by atoms with Gasteiger partial charge < -0.3 is 10.2 Å². The molecule has 0 saturated carbocycles. The van der Waals surface area contributed by atoms with E-state index in [2.05, 4.69) is 16.4 Å². The number of aromatic nitrogens is 1. The van der Waals surface area contributed by atoms with Gasteiger partial charge in [0.25, 0.3) is 5.91 Å². The minimum absolute atomic E-state index is 0.0346. The molecule has 4 heteroatoms. The van der Waals surface area contributed by atoms with Crippen molar-refractivity contribution in [2.45, 2.75) is 6.42 Å². The monoisotopic (exact) mass is 253 g/mol. The highest BCUT2D eigenvalue weighted by molar-refractivity contribution is 6.06. The van der Waals surface area contributed by atoms with Crippen molar-refractivity contribution >= 4 is 17.3 Å². The number of amides is 1. The van der Waals surface area contributed by atoms with Crippen molar-refractivity contribution in [3.8, 4) is 0 Å². The Morgan fingerprint density at radius 3 is 2.84 bits per heavy atom. The Labute approximate surface area is 112 Å². The van der Waals surface area contributed by atoms with Gasteiger partial charge in [-0.2, -0.15) is 0 Å². The summed E-state index contributed by atoms with van der Waals surface area (Å²) in [7, 11) is 1.83. The van der Waals surface area contributed by atoms with Gasteiger partial charge in [-0.15, -0.1) is 0 Å². The fourth-order valence-electron chi connectivity index (χ4n) is 2.36. The average molecular weight is 253 g/mol. The minimum atomic E-state index is -0.0346. The second-order valence-electron chi connectivity index (χ2n) is 4.52. The molecule has 0 atom stereocenters. The lowest BCUT2D eigenvalue weighted by atomic mass is 10.2. The van der Waals surface area contributed by atoms with Crippen molar-refractivity contribution in [1.29, 1.82) is 0 Å². The van der Waals surface area contributed by atoms with E-state index < -0.39 is 0 Å². The molecule has 0 radical (unpaired) electrons. The molecule has 96 valence electrons. The van der Waals surface area contributed by atoms with Crippen molar-refractivity contribution in [3.05, 3.63) is 53.9 Å². The summed E-state index contributed by atoms with van der Waals surface area (Å²) in [5, 5.41) is 2.99. The van der Waals surface area contributed by atoms with Crippen molar-refractivity contribution in [3.63, 3.8) is 0 Å². The SMILES string of the molecule is CNc1ccc(C(=O)N2CCc3ccccc32)nc1. The maximum Gasteiger partial charge on any atom is 0.276 e. The van der Waals surface area contributed by atoms with Crippen LogP contribution in [0.4, 0.5) is 11.4 Å². The molecule has 1 aliphatic rings. The normalized spacial score (nSPS) is 13.2. The largest absolute Gasteiger partial charge is 0.387 e. The number of nitrogens with zero attached hydrogens (tertiary/aromatic N) is 2. The van der Waals surface area contributed by atoms with Gasteiger partial charge >= 0.3 is 0 Å². The zero-order chi connectivity index (χ0) is 13.2. The van der Waals surface area contributed by atoms with Gasteiger partial charge in [-0.05, 0) is 30.2 Å². The molecule has 0 unspecified atom stereocenters. The predicted octanol–water partition coefficient (Wildman–Crippen LogP) is 2.33. The second-order valence-corrected chi connectivity index (χ2v) is 4.52. The number of rotatable bonds is 2. The molecule has 0 spiro atoms. The van der Waals surface area contributed by atoms with Crippen LogP contribution in [0.3, 0.4) is 0 Å². The lowest BCUT2D eigenvalue weighted by Crippen LogP contribution is -2.29. The van der Waals surface area contributed by atoms with Gasteiger partial charge in [-0.1, -0.05) is 18.2 Å². The Morgan fingerprint density at radius 1 is 1.26 bits per heavy atom. The van der Waals surface area contributed by atoms with Crippen LogP contribution in [0.2, 0.25) is 0 Å². The molecular weight excluding hydrogens is 238 g/mol. The lowest BCUT2D eigenvalue weighted by molar-refractivity contribution is 0.0984. The molecular formula is C15H15N3O. The Morgan fingerprint density at radius 2 is 2.11 bits per heavy atom. The fraction of sp³-hybridized carbons (Fsp3) is 0.200. The summed E-state index contributed by atoms with van der Waals surface area (Å²) in [5.41, 5.74) is 3.61. The number of fused-ring (bicyclic) bond motifs is 1. The Hall–Kier alpha value is -2.36. The average Bonchev–Trinajstić information content (AvgIpc) is 2.90. The number of hydrogen-bond acceptors (Lipinski definition) is 3. The van der Waals surface area contributed by atoms with E-state index in [1.54, 1.807) is 17.2 Å². The number of para-hydroxylation sites is 1. The van der Waals surface area contributed by atoms with Crippen LogP contribution in [0.25, 0.3) is 0 Å². The third kappa shape index (κ3) is 2.05. The number of nitrogens with one attached hydrogen (secondary N) is 1. The first kappa shape index (κ1) is 11.7. The van der Waals surface area contributed by atoms with Gasteiger partial charge in [-0.3, -0.25) is 4.79 Å². The molecule has 2 heterocycles. The third-order valence-corrected chi connectivity index (χ3v) is 3.40. The first-order valence-corrected chi connectivity index (χ1v) is 6.33. The van der Waals surface area contributed by atoms with Gasteiger partial charge in [-0.25, -0.2) is 4.98 Å². The van der Waals surface area contributed by atoms with Crippen LogP contribution in [0.15, 0.2) is 42.6 Å². The van der Waals surface area contributed by atoms with Gasteiger partial charge in [0.1, 0.15) is 5.69 Å². The maximum atomic E-state index is 12.5. The molecule has 0 saturated heterocycles. The van der Waals surface area contributed by atoms with Crippen LogP contribution in [0, 0.1) is 0 Å². The highest BCUT2D eigenvalue weighted by atomic mass is 16.2. The smallest absolute Gasteiger partial charge is 0.276 e. The summed E-state index contributed by atoms with van der Waals surface area (Å²) in [6, 6.07) is 11.6. The van der Waals surface area contributed by atoms with Crippen LogP contribution in [-0.4, -0.2) is 24.5 Å². The summed E-state index contributed by atoms with van der Waals surface area (Å²) in [4.78, 5) is 18.5. The van der Waals surface area contributed by atoms with E-state index in [1.165, 1.54) is 5.56 Å². The van der Waals surface area contributed by atoms with Gasteiger partial charge in [0, 0.05) is 19.3 Å². The van der Waals surface area contributed by atoms with Gasteiger partial charge in [0.05, 0.1) is 11.9 Å². The summed E-state index contributed by atoms with van der Waals surface area (Å²) in [5.74, 6) is -0.0346. The molecule has 0 aliphatic carbocycles. The summed E-state index contributed by atoms with van der Waals surface area (Å²) < 4.78 is 0. The zero-order valence-electron chi connectivity index (χ0n) is 10.8. The molecule has 1 N–H and O–H groups in total. The van der Waals surface area contributed by atoms with Gasteiger partial charge in [0.15, 0.2) is 0 Å². The quantitative estimate of drug-likeness (QED) is 0.893. The van der Waals surface area contributed by atoms with Gasteiger partial charge in [0.2, 0.25) is 0 Å². The highest BCUT2D eigenvalue weighted by Crippen LogP contribution is 2.28. The minimum Gasteiger partial charge on any atom is -0.387 e. The molecule has 1 aliphatic heterocycles. The summed E-state index contributed by atoms with van der Waals surface area (Å²) in [6.07, 6.45) is 2.59. The van der Waals surface area contributed by atoms with E-state index in [-0.39, 0.29) is 5.91 Å². The van der Waals surface area contributed by atoms with Crippen molar-refractivity contribution in [2.75, 3.05) is 23.8 Å². The Balaban J connectivity index is 1.89. The van der Waals surface area contributed by atoms with Crippen LogP contribution >= 0.6 is 0 Å². The Bertz CT molecular complexity index is 607. The molecule has 1 amide bonds. The van der Waals surface area contributed by atoms with Crippen LogP contribution < -0.4 is 10.2 Å². The molecule has 3 rings (SSSR count). The number of benzene rings is 1. The molecule has 1 aromatic carbocycles. The molecule has 0 fully saturated rings. The standard InChI is InChI=1S/C15H15N3O/c1-16-12-6-7-13(17-10-12)15(19)18-9-8-11-4-2-3-5-14(11)18/h2-7,10,16H,8-9H2,1H3. The molecule has 19 heavy (non-hydrogen) atoms. The maximum absolute atomic E-state index is 12.5. The first-order chi connectivity index (χ1) is 9.29. The van der Waals surface area contributed by atoms with Crippen molar-refractivity contribution in [1.82, 2.24) is 4.98 Å². The van der Waals surface area contributed by atoms with Crippen LogP contribution in [0.1, 0.15) is 16.1 Å². The van der Waals surface area contributed by atoms with E-state index >= 15 is 0 Å². The highest BCUT2D eigenvalue weighted by Gasteiger charge is 2.25. The Kier molecular flexibility index (Phi) is 2.91. The number of hydrogen-bond donors (Lipinski definition) is 1. The van der Waals surface area contributed by atoms with Crippen molar-refractivity contribution < 1.29 is 4.79 Å². The molecule has 2 aromatic rings. The third-order valence-electron chi connectivity index (χ3n) is 3.40. The molecule has 0 bridgehead atoms. The number of carbonyl (C=O) groups is 1. The van der Waals surface area contributed by atoms with Crippen LogP contribution in [0.5, 0.6) is 0 Å². The van der Waals surface area contributed by atoms with E-state index in [1.807, 2.05) is 31.3 Å².